The van der Waals surface area contributed by atoms with E-state index in [0.717, 1.165) is 11.3 Å². The van der Waals surface area contributed by atoms with Crippen molar-refractivity contribution in [2.75, 3.05) is 11.9 Å². The number of anilines is 1. The summed E-state index contributed by atoms with van der Waals surface area (Å²) in [5.74, 6) is -0.0440. The van der Waals surface area contributed by atoms with E-state index in [2.05, 4.69) is 5.32 Å². The normalized spacial score (nSPS) is 14.8. The van der Waals surface area contributed by atoms with Crippen LogP contribution in [-0.2, 0) is 16.1 Å². The van der Waals surface area contributed by atoms with Gasteiger partial charge < -0.3 is 15.8 Å². The molecule has 0 heterocycles. The number of halogens is 1. The van der Waals surface area contributed by atoms with Gasteiger partial charge in [-0.2, -0.15) is 0 Å². The van der Waals surface area contributed by atoms with E-state index in [9.17, 15) is 4.79 Å². The maximum Gasteiger partial charge on any atom is 0.225 e. The fraction of sp³-hybridized carbons (Fsp3) is 0.533. The first-order chi connectivity index (χ1) is 9.28. The van der Waals surface area contributed by atoms with Crippen LogP contribution in [0.1, 0.15) is 37.7 Å². The summed E-state index contributed by atoms with van der Waals surface area (Å²) in [7, 11) is 0. The first kappa shape index (κ1) is 17.0. The molecule has 1 fully saturated rings. The van der Waals surface area contributed by atoms with Gasteiger partial charge in [0.2, 0.25) is 5.91 Å². The molecule has 1 aromatic rings. The van der Waals surface area contributed by atoms with E-state index in [-0.39, 0.29) is 18.3 Å². The smallest absolute Gasteiger partial charge is 0.225 e. The number of nitrogens with one attached hydrogen (secondary N) is 1. The van der Waals surface area contributed by atoms with Crippen LogP contribution in [0.3, 0.4) is 0 Å². The Morgan fingerprint density at radius 3 is 2.50 bits per heavy atom. The first-order valence-electron chi connectivity index (χ1n) is 6.98. The van der Waals surface area contributed by atoms with E-state index in [1.165, 1.54) is 25.7 Å². The van der Waals surface area contributed by atoms with Crippen LogP contribution in [-0.4, -0.2) is 18.6 Å². The summed E-state index contributed by atoms with van der Waals surface area (Å²) in [6.07, 6.45) is 5.74. The van der Waals surface area contributed by atoms with Crippen molar-refractivity contribution in [1.82, 2.24) is 0 Å². The van der Waals surface area contributed by atoms with Crippen LogP contribution in [0.4, 0.5) is 5.69 Å². The van der Waals surface area contributed by atoms with Gasteiger partial charge >= 0.3 is 0 Å². The van der Waals surface area contributed by atoms with Crippen molar-refractivity contribution in [2.45, 2.75) is 44.8 Å². The van der Waals surface area contributed by atoms with Crippen LogP contribution < -0.4 is 11.1 Å². The second-order valence-electron chi connectivity index (χ2n) is 5.00. The number of hydrogen-bond donors (Lipinski definition) is 2. The third kappa shape index (κ3) is 5.49. The van der Waals surface area contributed by atoms with Gasteiger partial charge in [0, 0.05) is 18.7 Å². The van der Waals surface area contributed by atoms with Crippen LogP contribution in [0.5, 0.6) is 0 Å². The van der Waals surface area contributed by atoms with Gasteiger partial charge in [-0.1, -0.05) is 25.0 Å². The summed E-state index contributed by atoms with van der Waals surface area (Å²) in [6.45, 7) is 1.03. The molecule has 1 aromatic carbocycles. The molecule has 0 saturated heterocycles. The zero-order chi connectivity index (χ0) is 13.5. The highest BCUT2D eigenvalue weighted by molar-refractivity contribution is 5.90. The average Bonchev–Trinajstić information content (AvgIpc) is 2.91. The molecule has 0 atom stereocenters. The molecule has 0 aliphatic heterocycles. The summed E-state index contributed by atoms with van der Waals surface area (Å²) in [4.78, 5) is 11.4. The van der Waals surface area contributed by atoms with Crippen LogP contribution in [0, 0.1) is 0 Å². The van der Waals surface area contributed by atoms with Crippen molar-refractivity contribution >= 4 is 24.0 Å². The topological polar surface area (TPSA) is 64.4 Å². The minimum absolute atomic E-state index is 0. The molecule has 5 heteroatoms. The Kier molecular flexibility index (Phi) is 7.59. The number of rotatable bonds is 6. The van der Waals surface area contributed by atoms with Crippen molar-refractivity contribution < 1.29 is 9.53 Å². The standard InChI is InChI=1S/C15H22N2O2.ClH/c16-10-9-15(18)17-13-7-5-12(6-8-13)11-19-14-3-1-2-4-14;/h5-8,14H,1-4,9-11,16H2,(H,17,18);1H. The highest BCUT2D eigenvalue weighted by atomic mass is 35.5. The number of ether oxygens (including phenoxy) is 1. The first-order valence-corrected chi connectivity index (χ1v) is 6.98. The van der Waals surface area contributed by atoms with Gasteiger partial charge in [-0.05, 0) is 30.5 Å². The predicted molar refractivity (Wildman–Crippen MR) is 83.0 cm³/mol. The van der Waals surface area contributed by atoms with Gasteiger partial charge in [0.15, 0.2) is 0 Å². The van der Waals surface area contributed by atoms with Crippen molar-refractivity contribution in [3.05, 3.63) is 29.8 Å². The summed E-state index contributed by atoms with van der Waals surface area (Å²) < 4.78 is 5.84. The largest absolute Gasteiger partial charge is 0.374 e. The fourth-order valence-corrected chi connectivity index (χ4v) is 2.31. The van der Waals surface area contributed by atoms with Crippen molar-refractivity contribution in [3.8, 4) is 0 Å². The van der Waals surface area contributed by atoms with Crippen LogP contribution in [0.15, 0.2) is 24.3 Å². The second kappa shape index (κ2) is 8.95. The van der Waals surface area contributed by atoms with E-state index in [0.29, 0.717) is 25.7 Å². The lowest BCUT2D eigenvalue weighted by Crippen LogP contribution is -2.16. The van der Waals surface area contributed by atoms with Crippen molar-refractivity contribution in [1.29, 1.82) is 0 Å². The molecule has 0 bridgehead atoms. The van der Waals surface area contributed by atoms with Gasteiger partial charge in [0.25, 0.3) is 0 Å². The van der Waals surface area contributed by atoms with E-state index < -0.39 is 0 Å². The minimum atomic E-state index is -0.0440. The Labute approximate surface area is 126 Å². The lowest BCUT2D eigenvalue weighted by Gasteiger charge is -2.11. The maximum absolute atomic E-state index is 11.4. The molecule has 0 spiro atoms. The summed E-state index contributed by atoms with van der Waals surface area (Å²) in [6, 6.07) is 7.80. The molecule has 112 valence electrons. The molecule has 20 heavy (non-hydrogen) atoms. The van der Waals surface area contributed by atoms with Gasteiger partial charge in [-0.15, -0.1) is 12.4 Å². The minimum Gasteiger partial charge on any atom is -0.374 e. The summed E-state index contributed by atoms with van der Waals surface area (Å²) in [5.41, 5.74) is 7.28. The molecule has 2 rings (SSSR count). The van der Waals surface area contributed by atoms with Crippen LogP contribution in [0.2, 0.25) is 0 Å². The van der Waals surface area contributed by atoms with E-state index >= 15 is 0 Å². The number of benzene rings is 1. The van der Waals surface area contributed by atoms with E-state index in [4.69, 9.17) is 10.5 Å². The third-order valence-corrected chi connectivity index (χ3v) is 3.40. The molecule has 1 aliphatic rings. The highest BCUT2D eigenvalue weighted by Crippen LogP contribution is 2.22. The van der Waals surface area contributed by atoms with Gasteiger partial charge in [-0.25, -0.2) is 0 Å². The number of carbonyl (C=O) groups excluding carboxylic acids is 1. The molecule has 0 unspecified atom stereocenters. The Hall–Kier alpha value is -1.10. The number of carbonyl (C=O) groups is 1. The monoisotopic (exact) mass is 298 g/mol. The summed E-state index contributed by atoms with van der Waals surface area (Å²) in [5, 5.41) is 2.81. The number of nitrogens with two attached hydrogens (primary N) is 1. The Morgan fingerprint density at radius 1 is 1.25 bits per heavy atom. The molecule has 1 amide bonds. The van der Waals surface area contributed by atoms with E-state index in [1.54, 1.807) is 0 Å². The van der Waals surface area contributed by atoms with Gasteiger partial charge in [-0.3, -0.25) is 4.79 Å². The zero-order valence-electron chi connectivity index (χ0n) is 11.6. The Bertz CT molecular complexity index is 403. The Balaban J connectivity index is 0.00000200. The summed E-state index contributed by atoms with van der Waals surface area (Å²) >= 11 is 0. The van der Waals surface area contributed by atoms with Gasteiger partial charge in [0.05, 0.1) is 12.7 Å². The fourth-order valence-electron chi connectivity index (χ4n) is 2.31. The molecular weight excluding hydrogens is 276 g/mol. The molecule has 4 nitrogen and oxygen atoms in total. The molecule has 1 aliphatic carbocycles. The van der Waals surface area contributed by atoms with Crippen molar-refractivity contribution in [2.24, 2.45) is 5.73 Å². The third-order valence-electron chi connectivity index (χ3n) is 3.40. The average molecular weight is 299 g/mol. The Morgan fingerprint density at radius 2 is 1.90 bits per heavy atom. The molecule has 3 N–H and O–H groups in total. The van der Waals surface area contributed by atoms with Gasteiger partial charge in [0.1, 0.15) is 0 Å². The number of hydrogen-bond acceptors (Lipinski definition) is 3. The van der Waals surface area contributed by atoms with E-state index in [1.807, 2.05) is 24.3 Å². The molecule has 1 saturated carbocycles. The lowest BCUT2D eigenvalue weighted by atomic mass is 10.2. The maximum atomic E-state index is 11.4. The molecule has 0 aromatic heterocycles. The quantitative estimate of drug-likeness (QED) is 0.849. The molecule has 0 radical (unpaired) electrons. The molecular formula is C15H23ClN2O2. The highest BCUT2D eigenvalue weighted by Gasteiger charge is 2.14. The lowest BCUT2D eigenvalue weighted by molar-refractivity contribution is -0.116. The van der Waals surface area contributed by atoms with Crippen molar-refractivity contribution in [3.63, 3.8) is 0 Å². The predicted octanol–water partition coefficient (Wildman–Crippen LogP) is 2.85. The van der Waals surface area contributed by atoms with Crippen LogP contribution >= 0.6 is 12.4 Å². The SMILES string of the molecule is Cl.NCCC(=O)Nc1ccc(COC2CCCC2)cc1. The number of amides is 1. The zero-order valence-corrected chi connectivity index (χ0v) is 12.5. The second-order valence-corrected chi connectivity index (χ2v) is 5.00. The van der Waals surface area contributed by atoms with Crippen LogP contribution in [0.25, 0.3) is 0 Å².